The largest absolute Gasteiger partial charge is 0.424 e. The molecule has 0 amide bonds. The Labute approximate surface area is 114 Å². The summed E-state index contributed by atoms with van der Waals surface area (Å²) in [6, 6.07) is 8.71. The number of nitrogens with zero attached hydrogens (tertiary/aromatic N) is 2. The molecule has 0 saturated heterocycles. The van der Waals surface area contributed by atoms with Gasteiger partial charge in [0.15, 0.2) is 0 Å². The van der Waals surface area contributed by atoms with E-state index >= 15 is 0 Å². The van der Waals surface area contributed by atoms with Crippen molar-refractivity contribution in [2.45, 2.75) is 45.6 Å². The summed E-state index contributed by atoms with van der Waals surface area (Å²) < 4.78 is 5.39. The Balaban J connectivity index is 1.96. The maximum Gasteiger partial charge on any atom is 0.230 e. The van der Waals surface area contributed by atoms with Gasteiger partial charge >= 0.3 is 0 Å². The second-order valence-electron chi connectivity index (χ2n) is 5.74. The Morgan fingerprint density at radius 3 is 2.16 bits per heavy atom. The van der Waals surface area contributed by atoms with E-state index in [1.54, 1.807) is 0 Å². The molecule has 0 saturated carbocycles. The molecule has 1 aromatic carbocycles. The Hall–Kier alpha value is -1.68. The number of hydrogen-bond acceptors (Lipinski definition) is 4. The van der Waals surface area contributed by atoms with Crippen LogP contribution in [0, 0.1) is 0 Å². The van der Waals surface area contributed by atoms with Crippen LogP contribution in [0.3, 0.4) is 0 Å². The van der Waals surface area contributed by atoms with Crippen LogP contribution in [0.5, 0.6) is 0 Å². The fourth-order valence-electron chi connectivity index (χ4n) is 1.89. The molecule has 0 unspecified atom stereocenters. The topological polar surface area (TPSA) is 64.9 Å². The molecule has 0 aliphatic carbocycles. The van der Waals surface area contributed by atoms with E-state index in [9.17, 15) is 0 Å². The van der Waals surface area contributed by atoms with Crippen LogP contribution >= 0.6 is 0 Å². The van der Waals surface area contributed by atoms with Gasteiger partial charge in [0.05, 0.1) is 6.54 Å². The third-order valence-electron chi connectivity index (χ3n) is 3.13. The fourth-order valence-corrected chi connectivity index (χ4v) is 1.89. The maximum atomic E-state index is 5.43. The zero-order valence-electron chi connectivity index (χ0n) is 11.8. The molecule has 4 heteroatoms. The Bertz CT molecular complexity index is 523. The van der Waals surface area contributed by atoms with Gasteiger partial charge in [0.1, 0.15) is 0 Å². The van der Waals surface area contributed by atoms with Gasteiger partial charge in [-0.25, -0.2) is 0 Å². The SMILES string of the molecule is CC(C)(C)c1ccc(CCc2nnc(CN)o2)cc1. The number of aryl methyl sites for hydroxylation is 2. The number of benzene rings is 1. The number of aromatic nitrogens is 2. The lowest BCUT2D eigenvalue weighted by Gasteiger charge is -2.19. The van der Waals surface area contributed by atoms with Crippen LogP contribution in [0.1, 0.15) is 43.7 Å². The monoisotopic (exact) mass is 259 g/mol. The van der Waals surface area contributed by atoms with Crippen LogP contribution in [0.4, 0.5) is 0 Å². The van der Waals surface area contributed by atoms with E-state index < -0.39 is 0 Å². The van der Waals surface area contributed by atoms with Crippen LogP contribution in [0.15, 0.2) is 28.7 Å². The third-order valence-corrected chi connectivity index (χ3v) is 3.13. The molecule has 4 nitrogen and oxygen atoms in total. The van der Waals surface area contributed by atoms with Crippen LogP contribution in [0.25, 0.3) is 0 Å². The van der Waals surface area contributed by atoms with Gasteiger partial charge in [0.25, 0.3) is 0 Å². The van der Waals surface area contributed by atoms with Gasteiger partial charge in [-0.05, 0) is 23.0 Å². The predicted molar refractivity (Wildman–Crippen MR) is 74.7 cm³/mol. The van der Waals surface area contributed by atoms with E-state index in [4.69, 9.17) is 10.2 Å². The van der Waals surface area contributed by atoms with Crippen molar-refractivity contribution >= 4 is 0 Å². The second kappa shape index (κ2) is 5.53. The minimum Gasteiger partial charge on any atom is -0.424 e. The molecule has 2 aromatic rings. The molecule has 0 atom stereocenters. The van der Waals surface area contributed by atoms with Crippen molar-refractivity contribution in [3.63, 3.8) is 0 Å². The molecule has 102 valence electrons. The zero-order valence-corrected chi connectivity index (χ0v) is 11.8. The van der Waals surface area contributed by atoms with Crippen LogP contribution < -0.4 is 5.73 Å². The minimum atomic E-state index is 0.195. The van der Waals surface area contributed by atoms with Gasteiger partial charge in [-0.2, -0.15) is 0 Å². The lowest BCUT2D eigenvalue weighted by molar-refractivity contribution is 0.450. The Kier molecular flexibility index (Phi) is 4.00. The smallest absolute Gasteiger partial charge is 0.230 e. The number of rotatable bonds is 4. The lowest BCUT2D eigenvalue weighted by Crippen LogP contribution is -2.10. The number of nitrogens with two attached hydrogens (primary N) is 1. The van der Waals surface area contributed by atoms with E-state index in [1.165, 1.54) is 11.1 Å². The van der Waals surface area contributed by atoms with E-state index in [0.29, 0.717) is 18.3 Å². The maximum absolute atomic E-state index is 5.43. The summed E-state index contributed by atoms with van der Waals surface area (Å²) in [7, 11) is 0. The highest BCUT2D eigenvalue weighted by Gasteiger charge is 2.13. The first-order chi connectivity index (χ1) is 8.99. The van der Waals surface area contributed by atoms with Gasteiger partial charge in [-0.1, -0.05) is 45.0 Å². The first-order valence-electron chi connectivity index (χ1n) is 6.60. The highest BCUT2D eigenvalue weighted by molar-refractivity contribution is 5.27. The van der Waals surface area contributed by atoms with E-state index in [1.807, 2.05) is 0 Å². The molecule has 0 spiro atoms. The van der Waals surface area contributed by atoms with Crippen LogP contribution in [-0.4, -0.2) is 10.2 Å². The van der Waals surface area contributed by atoms with Crippen molar-refractivity contribution in [3.8, 4) is 0 Å². The summed E-state index contributed by atoms with van der Waals surface area (Å²) in [4.78, 5) is 0. The number of hydrogen-bond donors (Lipinski definition) is 1. The summed E-state index contributed by atoms with van der Waals surface area (Å²) in [6.45, 7) is 6.95. The summed E-state index contributed by atoms with van der Waals surface area (Å²) in [5.74, 6) is 1.15. The molecule has 0 aliphatic heterocycles. The molecular formula is C15H21N3O. The first kappa shape index (κ1) is 13.7. The van der Waals surface area contributed by atoms with E-state index in [0.717, 1.165) is 12.8 Å². The van der Waals surface area contributed by atoms with Gasteiger partial charge < -0.3 is 10.2 Å². The Morgan fingerprint density at radius 1 is 1.00 bits per heavy atom. The average molecular weight is 259 g/mol. The molecule has 1 heterocycles. The van der Waals surface area contributed by atoms with Gasteiger partial charge in [-0.15, -0.1) is 10.2 Å². The van der Waals surface area contributed by atoms with Crippen molar-refractivity contribution in [2.75, 3.05) is 0 Å². The van der Waals surface area contributed by atoms with Crippen molar-refractivity contribution in [1.29, 1.82) is 0 Å². The molecule has 0 radical (unpaired) electrons. The van der Waals surface area contributed by atoms with Crippen LogP contribution in [0.2, 0.25) is 0 Å². The quantitative estimate of drug-likeness (QED) is 0.916. The van der Waals surface area contributed by atoms with Crippen LogP contribution in [-0.2, 0) is 24.8 Å². The van der Waals surface area contributed by atoms with E-state index in [-0.39, 0.29) is 5.41 Å². The van der Waals surface area contributed by atoms with Gasteiger partial charge in [-0.3, -0.25) is 0 Å². The molecule has 2 rings (SSSR count). The lowest BCUT2D eigenvalue weighted by atomic mass is 9.86. The molecule has 0 aliphatic rings. The average Bonchev–Trinajstić information content (AvgIpc) is 2.84. The van der Waals surface area contributed by atoms with Gasteiger partial charge in [0.2, 0.25) is 11.8 Å². The highest BCUT2D eigenvalue weighted by Crippen LogP contribution is 2.22. The molecule has 0 fully saturated rings. The first-order valence-corrected chi connectivity index (χ1v) is 6.60. The normalized spacial score (nSPS) is 11.8. The van der Waals surface area contributed by atoms with Crippen molar-refractivity contribution in [3.05, 3.63) is 47.2 Å². The predicted octanol–water partition coefficient (Wildman–Crippen LogP) is 2.61. The molecule has 0 bridgehead atoms. The highest BCUT2D eigenvalue weighted by atomic mass is 16.4. The second-order valence-corrected chi connectivity index (χ2v) is 5.74. The molecule has 1 aromatic heterocycles. The van der Waals surface area contributed by atoms with Crippen molar-refractivity contribution in [2.24, 2.45) is 5.73 Å². The van der Waals surface area contributed by atoms with Crippen molar-refractivity contribution in [1.82, 2.24) is 10.2 Å². The molecule has 19 heavy (non-hydrogen) atoms. The van der Waals surface area contributed by atoms with Crippen molar-refractivity contribution < 1.29 is 4.42 Å². The van der Waals surface area contributed by atoms with Gasteiger partial charge in [0, 0.05) is 6.42 Å². The fraction of sp³-hybridized carbons (Fsp3) is 0.467. The summed E-state index contributed by atoms with van der Waals surface area (Å²) >= 11 is 0. The van der Waals surface area contributed by atoms with E-state index in [2.05, 4.69) is 55.2 Å². The standard InChI is InChI=1S/C15H21N3O/c1-15(2,3)12-7-4-11(5-8-12)6-9-13-17-18-14(10-16)19-13/h4-5,7-8H,6,9-10,16H2,1-3H3. The molecule has 2 N–H and O–H groups in total. The molecular weight excluding hydrogens is 238 g/mol. The summed E-state index contributed by atoms with van der Waals surface area (Å²) in [5, 5.41) is 7.81. The summed E-state index contributed by atoms with van der Waals surface area (Å²) in [6.07, 6.45) is 1.65. The third kappa shape index (κ3) is 3.64. The summed E-state index contributed by atoms with van der Waals surface area (Å²) in [5.41, 5.74) is 8.25. The zero-order chi connectivity index (χ0) is 13.9. The Morgan fingerprint density at radius 2 is 1.63 bits per heavy atom. The minimum absolute atomic E-state index is 0.195.